The fourth-order valence-corrected chi connectivity index (χ4v) is 3.08. The van der Waals surface area contributed by atoms with Gasteiger partial charge in [0.15, 0.2) is 18.1 Å². The highest BCUT2D eigenvalue weighted by atomic mass is 32.1. The molecule has 0 bridgehead atoms. The summed E-state index contributed by atoms with van der Waals surface area (Å²) in [5, 5.41) is 0. The first-order valence-electron chi connectivity index (χ1n) is 7.96. The van der Waals surface area contributed by atoms with Crippen molar-refractivity contribution in [2.75, 3.05) is 19.8 Å². The molecule has 6 heteroatoms. The van der Waals surface area contributed by atoms with Crippen LogP contribution < -0.4 is 9.47 Å². The fraction of sp³-hybridized carbons (Fsp3) is 0.263. The predicted molar refractivity (Wildman–Crippen MR) is 95.4 cm³/mol. The minimum atomic E-state index is -0.561. The van der Waals surface area contributed by atoms with Crippen LogP contribution in [-0.2, 0) is 9.53 Å². The third-order valence-electron chi connectivity index (χ3n) is 3.54. The lowest BCUT2D eigenvalue weighted by Crippen LogP contribution is -2.11. The zero-order valence-corrected chi connectivity index (χ0v) is 14.6. The van der Waals surface area contributed by atoms with Gasteiger partial charge in [-0.05, 0) is 42.8 Å². The summed E-state index contributed by atoms with van der Waals surface area (Å²) in [5.74, 6) is 0.606. The zero-order chi connectivity index (χ0) is 17.6. The molecule has 0 fully saturated rings. The van der Waals surface area contributed by atoms with Gasteiger partial charge in [0.1, 0.15) is 0 Å². The van der Waals surface area contributed by atoms with Gasteiger partial charge in [0.05, 0.1) is 18.1 Å². The van der Waals surface area contributed by atoms with Crippen molar-refractivity contribution in [2.24, 2.45) is 0 Å². The molecule has 1 aliphatic heterocycles. The van der Waals surface area contributed by atoms with Crippen molar-refractivity contribution in [3.8, 4) is 11.5 Å². The molecule has 0 saturated heterocycles. The van der Waals surface area contributed by atoms with Crippen molar-refractivity contribution in [3.63, 3.8) is 0 Å². The number of rotatable bonds is 5. The molecule has 0 aliphatic carbocycles. The Balaban J connectivity index is 1.55. The molecule has 2 heterocycles. The molecule has 0 spiro atoms. The standard InChI is InChI=1S/C19H18O5S/c1-13-3-7-18(25-13)15(20)12-24-19(21)8-5-14-4-6-16-17(11-14)23-10-2-9-22-16/h3-8,11H,2,9-10,12H2,1H3/b8-5+. The average Bonchev–Trinajstić information content (AvgIpc) is 2.91. The smallest absolute Gasteiger partial charge is 0.331 e. The lowest BCUT2D eigenvalue weighted by Gasteiger charge is -2.07. The van der Waals surface area contributed by atoms with E-state index in [9.17, 15) is 9.59 Å². The highest BCUT2D eigenvalue weighted by Gasteiger charge is 2.11. The Morgan fingerprint density at radius 3 is 2.72 bits per heavy atom. The normalized spacial score (nSPS) is 13.5. The summed E-state index contributed by atoms with van der Waals surface area (Å²) in [7, 11) is 0. The van der Waals surface area contributed by atoms with Gasteiger partial charge in [0.25, 0.3) is 0 Å². The van der Waals surface area contributed by atoms with E-state index in [0.717, 1.165) is 16.9 Å². The molecule has 25 heavy (non-hydrogen) atoms. The number of Topliss-reactive ketones (excluding diaryl/α,β-unsaturated/α-hetero) is 1. The Kier molecular flexibility index (Phi) is 5.50. The molecule has 0 saturated carbocycles. The molecule has 1 aliphatic rings. The topological polar surface area (TPSA) is 61.8 Å². The van der Waals surface area contributed by atoms with Crippen LogP contribution in [-0.4, -0.2) is 31.6 Å². The molecule has 0 unspecified atom stereocenters. The minimum absolute atomic E-state index is 0.199. The third kappa shape index (κ3) is 4.70. The van der Waals surface area contributed by atoms with Gasteiger partial charge in [-0.3, -0.25) is 4.79 Å². The molecule has 3 rings (SSSR count). The lowest BCUT2D eigenvalue weighted by atomic mass is 10.2. The average molecular weight is 358 g/mol. The molecule has 0 N–H and O–H groups in total. The van der Waals surface area contributed by atoms with E-state index in [-0.39, 0.29) is 12.4 Å². The first-order valence-corrected chi connectivity index (χ1v) is 8.77. The SMILES string of the molecule is Cc1ccc(C(=O)COC(=O)/C=C/c2ccc3c(c2)OCCCO3)s1. The molecule has 0 radical (unpaired) electrons. The van der Waals surface area contributed by atoms with Gasteiger partial charge in [-0.2, -0.15) is 0 Å². The maximum Gasteiger partial charge on any atom is 0.331 e. The van der Waals surface area contributed by atoms with Crippen LogP contribution in [0.25, 0.3) is 6.08 Å². The second-order valence-electron chi connectivity index (χ2n) is 5.53. The number of ether oxygens (including phenoxy) is 3. The highest BCUT2D eigenvalue weighted by Crippen LogP contribution is 2.30. The Morgan fingerprint density at radius 1 is 1.16 bits per heavy atom. The number of hydrogen-bond acceptors (Lipinski definition) is 6. The number of esters is 1. The van der Waals surface area contributed by atoms with Crippen molar-refractivity contribution in [1.82, 2.24) is 0 Å². The summed E-state index contributed by atoms with van der Waals surface area (Å²) in [4.78, 5) is 25.3. The Bertz CT molecular complexity index is 806. The van der Waals surface area contributed by atoms with Crippen molar-refractivity contribution < 1.29 is 23.8 Å². The van der Waals surface area contributed by atoms with Crippen LogP contribution in [0.3, 0.4) is 0 Å². The van der Waals surface area contributed by atoms with Gasteiger partial charge in [0, 0.05) is 17.4 Å². The van der Waals surface area contributed by atoms with E-state index in [0.29, 0.717) is 29.6 Å². The number of carbonyl (C=O) groups excluding carboxylic acids is 2. The van der Waals surface area contributed by atoms with Gasteiger partial charge in [-0.25, -0.2) is 4.79 Å². The number of ketones is 1. The van der Waals surface area contributed by atoms with Crippen molar-refractivity contribution in [1.29, 1.82) is 0 Å². The third-order valence-corrected chi connectivity index (χ3v) is 4.59. The van der Waals surface area contributed by atoms with E-state index in [1.54, 1.807) is 12.1 Å². The Hall–Kier alpha value is -2.60. The summed E-state index contributed by atoms with van der Waals surface area (Å²) in [6.45, 7) is 2.90. The summed E-state index contributed by atoms with van der Waals surface area (Å²) >= 11 is 1.39. The van der Waals surface area contributed by atoms with Crippen molar-refractivity contribution in [3.05, 3.63) is 51.7 Å². The Morgan fingerprint density at radius 2 is 1.96 bits per heavy atom. The van der Waals surface area contributed by atoms with Gasteiger partial charge < -0.3 is 14.2 Å². The zero-order valence-electron chi connectivity index (χ0n) is 13.8. The van der Waals surface area contributed by atoms with Gasteiger partial charge >= 0.3 is 5.97 Å². The van der Waals surface area contributed by atoms with Crippen LogP contribution >= 0.6 is 11.3 Å². The molecular weight excluding hydrogens is 340 g/mol. The van der Waals surface area contributed by atoms with E-state index in [1.807, 2.05) is 31.2 Å². The molecular formula is C19H18O5S. The van der Waals surface area contributed by atoms with Crippen LogP contribution in [0.4, 0.5) is 0 Å². The number of fused-ring (bicyclic) bond motifs is 1. The Labute approximate surface area is 149 Å². The van der Waals surface area contributed by atoms with E-state index in [2.05, 4.69) is 0 Å². The summed E-state index contributed by atoms with van der Waals surface area (Å²) < 4.78 is 16.2. The van der Waals surface area contributed by atoms with E-state index < -0.39 is 5.97 Å². The second kappa shape index (κ2) is 7.98. The molecule has 130 valence electrons. The molecule has 1 aromatic heterocycles. The highest BCUT2D eigenvalue weighted by molar-refractivity contribution is 7.14. The van der Waals surface area contributed by atoms with Gasteiger partial charge in [-0.1, -0.05) is 6.07 Å². The summed E-state index contributed by atoms with van der Waals surface area (Å²) in [6.07, 6.45) is 3.76. The molecule has 2 aromatic rings. The minimum Gasteiger partial charge on any atom is -0.490 e. The first kappa shape index (κ1) is 17.2. The summed E-state index contributed by atoms with van der Waals surface area (Å²) in [6, 6.07) is 9.06. The second-order valence-corrected chi connectivity index (χ2v) is 6.82. The van der Waals surface area contributed by atoms with Crippen molar-refractivity contribution in [2.45, 2.75) is 13.3 Å². The predicted octanol–water partition coefficient (Wildman–Crippen LogP) is 3.66. The van der Waals surface area contributed by atoms with Crippen LogP contribution in [0.5, 0.6) is 11.5 Å². The number of aryl methyl sites for hydroxylation is 1. The van der Waals surface area contributed by atoms with Gasteiger partial charge in [0.2, 0.25) is 5.78 Å². The maximum absolute atomic E-state index is 11.9. The van der Waals surface area contributed by atoms with E-state index in [4.69, 9.17) is 14.2 Å². The molecule has 0 atom stereocenters. The number of thiophene rings is 1. The molecule has 1 aromatic carbocycles. The van der Waals surface area contributed by atoms with E-state index >= 15 is 0 Å². The summed E-state index contributed by atoms with van der Waals surface area (Å²) in [5.41, 5.74) is 0.793. The number of carbonyl (C=O) groups is 2. The fourth-order valence-electron chi connectivity index (χ4n) is 2.29. The van der Waals surface area contributed by atoms with Crippen molar-refractivity contribution >= 4 is 29.2 Å². The van der Waals surface area contributed by atoms with Crippen LogP contribution in [0.15, 0.2) is 36.4 Å². The van der Waals surface area contributed by atoms with Crippen LogP contribution in [0, 0.1) is 6.92 Å². The maximum atomic E-state index is 11.9. The van der Waals surface area contributed by atoms with Gasteiger partial charge in [-0.15, -0.1) is 11.3 Å². The molecule has 5 nitrogen and oxygen atoms in total. The largest absolute Gasteiger partial charge is 0.490 e. The van der Waals surface area contributed by atoms with Crippen LogP contribution in [0.2, 0.25) is 0 Å². The molecule has 0 amide bonds. The lowest BCUT2D eigenvalue weighted by molar-refractivity contribution is -0.136. The monoisotopic (exact) mass is 358 g/mol. The number of benzene rings is 1. The van der Waals surface area contributed by atoms with Crippen LogP contribution in [0.1, 0.15) is 26.5 Å². The number of hydrogen-bond donors (Lipinski definition) is 0. The first-order chi connectivity index (χ1) is 12.1. The van der Waals surface area contributed by atoms with E-state index in [1.165, 1.54) is 17.4 Å². The quantitative estimate of drug-likeness (QED) is 0.464.